The average molecular weight is 173 g/mol. The molecule has 12 heavy (non-hydrogen) atoms. The summed E-state index contributed by atoms with van der Waals surface area (Å²) >= 11 is 0. The highest BCUT2D eigenvalue weighted by Crippen LogP contribution is 2.27. The van der Waals surface area contributed by atoms with Crippen LogP contribution in [0.15, 0.2) is 0 Å². The van der Waals surface area contributed by atoms with E-state index in [4.69, 9.17) is 4.74 Å². The molecule has 0 bridgehead atoms. The van der Waals surface area contributed by atoms with Crippen LogP contribution in [-0.4, -0.2) is 38.0 Å². The number of hydrogen-bond donors (Lipinski definition) is 2. The van der Waals surface area contributed by atoms with Gasteiger partial charge in [-0.25, -0.2) is 0 Å². The van der Waals surface area contributed by atoms with E-state index in [0.717, 1.165) is 25.4 Å². The molecule has 1 atom stereocenters. The van der Waals surface area contributed by atoms with E-state index in [0.29, 0.717) is 6.61 Å². The van der Waals surface area contributed by atoms with E-state index in [1.54, 1.807) is 7.11 Å². The molecule has 0 heterocycles. The number of rotatable bonds is 7. The summed E-state index contributed by atoms with van der Waals surface area (Å²) in [5, 5.41) is 12.6. The molecule has 2 N–H and O–H groups in total. The Labute approximate surface area is 74.1 Å². The topological polar surface area (TPSA) is 41.5 Å². The maximum absolute atomic E-state index is 9.27. The fourth-order valence-corrected chi connectivity index (χ4v) is 1.17. The van der Waals surface area contributed by atoms with E-state index in [1.165, 1.54) is 12.8 Å². The first-order chi connectivity index (χ1) is 5.83. The Hall–Kier alpha value is -0.120. The second-order valence-corrected chi connectivity index (χ2v) is 3.55. The molecular formula is C9H19NO2. The van der Waals surface area contributed by atoms with E-state index in [-0.39, 0.29) is 6.10 Å². The number of aliphatic hydroxyl groups excluding tert-OH is 1. The summed E-state index contributed by atoms with van der Waals surface area (Å²) in [5.74, 6) is 0.921. The summed E-state index contributed by atoms with van der Waals surface area (Å²) in [6, 6.07) is 0. The normalized spacial score (nSPS) is 19.5. The Morgan fingerprint density at radius 2 is 2.33 bits per heavy atom. The molecule has 0 aromatic rings. The van der Waals surface area contributed by atoms with Gasteiger partial charge >= 0.3 is 0 Å². The molecule has 0 amide bonds. The summed E-state index contributed by atoms with van der Waals surface area (Å²) in [6.07, 6.45) is 3.25. The molecular weight excluding hydrogens is 154 g/mol. The summed E-state index contributed by atoms with van der Waals surface area (Å²) < 4.78 is 4.82. The van der Waals surface area contributed by atoms with Crippen molar-refractivity contribution in [3.05, 3.63) is 0 Å². The van der Waals surface area contributed by atoms with Crippen molar-refractivity contribution in [2.24, 2.45) is 5.92 Å². The van der Waals surface area contributed by atoms with Crippen molar-refractivity contribution in [1.29, 1.82) is 0 Å². The van der Waals surface area contributed by atoms with Gasteiger partial charge in [-0.3, -0.25) is 0 Å². The van der Waals surface area contributed by atoms with Crippen LogP contribution in [0.1, 0.15) is 19.3 Å². The lowest BCUT2D eigenvalue weighted by atomic mass is 10.2. The Balaban J connectivity index is 1.80. The summed E-state index contributed by atoms with van der Waals surface area (Å²) in [7, 11) is 1.61. The summed E-state index contributed by atoms with van der Waals surface area (Å²) in [4.78, 5) is 0. The predicted octanol–water partition coefficient (Wildman–Crippen LogP) is 0.383. The lowest BCUT2D eigenvalue weighted by Crippen LogP contribution is -2.24. The van der Waals surface area contributed by atoms with Gasteiger partial charge in [-0.1, -0.05) is 0 Å². The van der Waals surface area contributed by atoms with E-state index >= 15 is 0 Å². The van der Waals surface area contributed by atoms with Crippen molar-refractivity contribution in [1.82, 2.24) is 5.32 Å². The fourth-order valence-electron chi connectivity index (χ4n) is 1.17. The van der Waals surface area contributed by atoms with Gasteiger partial charge in [0.1, 0.15) is 0 Å². The van der Waals surface area contributed by atoms with Gasteiger partial charge in [0.05, 0.1) is 12.7 Å². The first-order valence-electron chi connectivity index (χ1n) is 4.70. The molecule has 3 heteroatoms. The van der Waals surface area contributed by atoms with Crippen molar-refractivity contribution in [3.63, 3.8) is 0 Å². The quantitative estimate of drug-likeness (QED) is 0.547. The maximum Gasteiger partial charge on any atom is 0.0785 e. The average Bonchev–Trinajstić information content (AvgIpc) is 2.82. The highest BCUT2D eigenvalue weighted by atomic mass is 16.5. The van der Waals surface area contributed by atoms with Crippen molar-refractivity contribution in [2.45, 2.75) is 25.4 Å². The summed E-state index contributed by atoms with van der Waals surface area (Å²) in [5.41, 5.74) is 0. The maximum atomic E-state index is 9.27. The number of methoxy groups -OCH3 is 1. The highest BCUT2D eigenvalue weighted by Gasteiger charge is 2.20. The second kappa shape index (κ2) is 5.51. The molecule has 1 aliphatic rings. The van der Waals surface area contributed by atoms with Crippen molar-refractivity contribution in [2.75, 3.05) is 26.8 Å². The van der Waals surface area contributed by atoms with Crippen LogP contribution in [0.25, 0.3) is 0 Å². The predicted molar refractivity (Wildman–Crippen MR) is 48.1 cm³/mol. The van der Waals surface area contributed by atoms with Gasteiger partial charge in [0.15, 0.2) is 0 Å². The first-order valence-corrected chi connectivity index (χ1v) is 4.70. The molecule has 0 radical (unpaired) electrons. The van der Waals surface area contributed by atoms with E-state index in [1.807, 2.05) is 0 Å². The van der Waals surface area contributed by atoms with Crippen molar-refractivity contribution in [3.8, 4) is 0 Å². The zero-order valence-corrected chi connectivity index (χ0v) is 7.75. The molecule has 0 spiro atoms. The van der Waals surface area contributed by atoms with Crippen LogP contribution in [-0.2, 0) is 4.74 Å². The second-order valence-electron chi connectivity index (χ2n) is 3.55. The Morgan fingerprint density at radius 1 is 1.58 bits per heavy atom. The molecule has 1 unspecified atom stereocenters. The molecule has 1 fully saturated rings. The minimum atomic E-state index is -0.304. The van der Waals surface area contributed by atoms with Crippen LogP contribution in [0.2, 0.25) is 0 Å². The molecule has 0 aliphatic heterocycles. The Kier molecular flexibility index (Phi) is 4.58. The third kappa shape index (κ3) is 4.70. The molecule has 72 valence electrons. The third-order valence-electron chi connectivity index (χ3n) is 2.14. The van der Waals surface area contributed by atoms with Crippen LogP contribution in [0.3, 0.4) is 0 Å². The minimum Gasteiger partial charge on any atom is -0.391 e. The molecule has 0 saturated heterocycles. The SMILES string of the molecule is COCC(O)CCNCC1CC1. The Morgan fingerprint density at radius 3 is 2.92 bits per heavy atom. The standard InChI is InChI=1S/C9H19NO2/c1-12-7-9(11)4-5-10-6-8-2-3-8/h8-11H,2-7H2,1H3. The molecule has 1 aliphatic carbocycles. The van der Waals surface area contributed by atoms with Gasteiger partial charge in [-0.15, -0.1) is 0 Å². The van der Waals surface area contributed by atoms with Crippen LogP contribution >= 0.6 is 0 Å². The van der Waals surface area contributed by atoms with Crippen molar-refractivity contribution >= 4 is 0 Å². The lowest BCUT2D eigenvalue weighted by molar-refractivity contribution is 0.0594. The smallest absolute Gasteiger partial charge is 0.0785 e. The minimum absolute atomic E-state index is 0.304. The van der Waals surface area contributed by atoms with Gasteiger partial charge in [-0.05, 0) is 38.3 Å². The zero-order chi connectivity index (χ0) is 8.81. The van der Waals surface area contributed by atoms with Crippen molar-refractivity contribution < 1.29 is 9.84 Å². The number of hydrogen-bond acceptors (Lipinski definition) is 3. The first kappa shape index (κ1) is 9.96. The van der Waals surface area contributed by atoms with Gasteiger partial charge in [0.25, 0.3) is 0 Å². The highest BCUT2D eigenvalue weighted by molar-refractivity contribution is 4.75. The zero-order valence-electron chi connectivity index (χ0n) is 7.75. The monoisotopic (exact) mass is 173 g/mol. The molecule has 3 nitrogen and oxygen atoms in total. The van der Waals surface area contributed by atoms with Gasteiger partial charge in [0.2, 0.25) is 0 Å². The number of aliphatic hydroxyl groups is 1. The van der Waals surface area contributed by atoms with Crippen LogP contribution in [0, 0.1) is 5.92 Å². The third-order valence-corrected chi connectivity index (χ3v) is 2.14. The molecule has 1 saturated carbocycles. The summed E-state index contributed by atoms with van der Waals surface area (Å²) in [6.45, 7) is 2.48. The van der Waals surface area contributed by atoms with Gasteiger partial charge in [-0.2, -0.15) is 0 Å². The fraction of sp³-hybridized carbons (Fsp3) is 1.00. The molecule has 0 aromatic carbocycles. The van der Waals surface area contributed by atoms with E-state index in [9.17, 15) is 5.11 Å². The van der Waals surface area contributed by atoms with Gasteiger partial charge in [0, 0.05) is 7.11 Å². The van der Waals surface area contributed by atoms with Crippen LogP contribution < -0.4 is 5.32 Å². The molecule has 0 aromatic heterocycles. The lowest BCUT2D eigenvalue weighted by Gasteiger charge is -2.09. The molecule has 1 rings (SSSR count). The number of ether oxygens (including phenoxy) is 1. The number of nitrogens with one attached hydrogen (secondary N) is 1. The van der Waals surface area contributed by atoms with E-state index < -0.39 is 0 Å². The Bertz CT molecular complexity index is 115. The van der Waals surface area contributed by atoms with Crippen LogP contribution in [0.4, 0.5) is 0 Å². The van der Waals surface area contributed by atoms with Gasteiger partial charge < -0.3 is 15.2 Å². The van der Waals surface area contributed by atoms with Crippen LogP contribution in [0.5, 0.6) is 0 Å². The van der Waals surface area contributed by atoms with E-state index in [2.05, 4.69) is 5.32 Å². The largest absolute Gasteiger partial charge is 0.391 e.